The van der Waals surface area contributed by atoms with E-state index < -0.39 is 0 Å². The number of rotatable bonds is 4. The number of amides is 1. The summed E-state index contributed by atoms with van der Waals surface area (Å²) in [5.41, 5.74) is 1.50. The molecule has 4 rings (SSSR count). The van der Waals surface area contributed by atoms with Gasteiger partial charge in [0, 0.05) is 0 Å². The summed E-state index contributed by atoms with van der Waals surface area (Å²) in [6, 6.07) is 14.7. The summed E-state index contributed by atoms with van der Waals surface area (Å²) in [6.07, 6.45) is 7.78. The second-order valence-corrected chi connectivity index (χ2v) is 7.14. The van der Waals surface area contributed by atoms with E-state index in [0.717, 1.165) is 23.8 Å². The molecule has 134 valence electrons. The predicted octanol–water partition coefficient (Wildman–Crippen LogP) is 4.43. The van der Waals surface area contributed by atoms with Gasteiger partial charge >= 0.3 is 0 Å². The van der Waals surface area contributed by atoms with Crippen molar-refractivity contribution < 1.29 is 4.79 Å². The highest BCUT2D eigenvalue weighted by molar-refractivity contribution is 5.93. The lowest BCUT2D eigenvalue weighted by Crippen LogP contribution is -2.27. The van der Waals surface area contributed by atoms with E-state index in [4.69, 9.17) is 0 Å². The lowest BCUT2D eigenvalue weighted by Gasteiger charge is -2.20. The molecule has 0 saturated heterocycles. The van der Waals surface area contributed by atoms with Gasteiger partial charge in [0.05, 0.1) is 18.3 Å². The van der Waals surface area contributed by atoms with E-state index in [0.29, 0.717) is 11.7 Å². The van der Waals surface area contributed by atoms with Gasteiger partial charge in [-0.25, -0.2) is 4.68 Å². The topological polar surface area (TPSA) is 59.8 Å². The Morgan fingerprint density at radius 1 is 1.12 bits per heavy atom. The molecule has 1 aliphatic rings. The van der Waals surface area contributed by atoms with Crippen LogP contribution in [0.5, 0.6) is 0 Å². The minimum Gasteiger partial charge on any atom is -0.344 e. The van der Waals surface area contributed by atoms with Gasteiger partial charge in [0.25, 0.3) is 5.91 Å². The SMILES string of the molecule is CC(NC(=O)c1cn(C2CCCCC2)nn1)c1cccc2ccccc12. The average molecular weight is 348 g/mol. The van der Waals surface area contributed by atoms with E-state index in [1.807, 2.05) is 29.8 Å². The van der Waals surface area contributed by atoms with Gasteiger partial charge in [0.1, 0.15) is 0 Å². The van der Waals surface area contributed by atoms with Crippen molar-refractivity contribution in [2.45, 2.75) is 51.1 Å². The molecule has 26 heavy (non-hydrogen) atoms. The molecular weight excluding hydrogens is 324 g/mol. The summed E-state index contributed by atoms with van der Waals surface area (Å²) in [4.78, 5) is 12.6. The number of carbonyl (C=O) groups excluding carboxylic acids is 1. The molecule has 1 aliphatic carbocycles. The summed E-state index contributed by atoms with van der Waals surface area (Å²) in [5, 5.41) is 13.7. The number of nitrogens with one attached hydrogen (secondary N) is 1. The van der Waals surface area contributed by atoms with Crippen molar-refractivity contribution in [1.82, 2.24) is 20.3 Å². The molecule has 2 aromatic carbocycles. The van der Waals surface area contributed by atoms with Crippen LogP contribution in [-0.2, 0) is 0 Å². The first-order valence-electron chi connectivity index (χ1n) is 9.43. The van der Waals surface area contributed by atoms with Gasteiger partial charge in [-0.1, -0.05) is 66.9 Å². The number of fused-ring (bicyclic) bond motifs is 1. The van der Waals surface area contributed by atoms with Gasteiger partial charge in [0.2, 0.25) is 0 Å². The van der Waals surface area contributed by atoms with E-state index in [-0.39, 0.29) is 11.9 Å². The number of carbonyl (C=O) groups is 1. The fourth-order valence-corrected chi connectivity index (χ4v) is 3.88. The van der Waals surface area contributed by atoms with Crippen LogP contribution in [-0.4, -0.2) is 20.9 Å². The fourth-order valence-electron chi connectivity index (χ4n) is 3.88. The number of hydrogen-bond acceptors (Lipinski definition) is 3. The molecule has 1 amide bonds. The highest BCUT2D eigenvalue weighted by Crippen LogP contribution is 2.27. The molecule has 1 atom stereocenters. The molecule has 5 nitrogen and oxygen atoms in total. The number of hydrogen-bond donors (Lipinski definition) is 1. The van der Waals surface area contributed by atoms with Crippen molar-refractivity contribution in [1.29, 1.82) is 0 Å². The quantitative estimate of drug-likeness (QED) is 0.759. The maximum Gasteiger partial charge on any atom is 0.273 e. The lowest BCUT2D eigenvalue weighted by atomic mass is 9.96. The van der Waals surface area contributed by atoms with Crippen LogP contribution in [0.15, 0.2) is 48.7 Å². The van der Waals surface area contributed by atoms with E-state index >= 15 is 0 Å². The summed E-state index contributed by atoms with van der Waals surface area (Å²) in [5.74, 6) is -0.174. The summed E-state index contributed by atoms with van der Waals surface area (Å²) >= 11 is 0. The van der Waals surface area contributed by atoms with Gasteiger partial charge in [0.15, 0.2) is 5.69 Å². The van der Waals surface area contributed by atoms with Crippen LogP contribution >= 0.6 is 0 Å². The maximum absolute atomic E-state index is 12.6. The number of benzene rings is 2. The van der Waals surface area contributed by atoms with Crippen LogP contribution in [0.4, 0.5) is 0 Å². The van der Waals surface area contributed by atoms with Crippen molar-refractivity contribution in [3.05, 3.63) is 59.9 Å². The zero-order valence-electron chi connectivity index (χ0n) is 15.1. The molecule has 1 heterocycles. The maximum atomic E-state index is 12.6. The van der Waals surface area contributed by atoms with E-state index in [9.17, 15) is 4.79 Å². The predicted molar refractivity (Wildman–Crippen MR) is 102 cm³/mol. The Hall–Kier alpha value is -2.69. The Morgan fingerprint density at radius 3 is 2.73 bits per heavy atom. The second-order valence-electron chi connectivity index (χ2n) is 7.14. The molecule has 0 bridgehead atoms. The van der Waals surface area contributed by atoms with E-state index in [1.165, 1.54) is 24.6 Å². The van der Waals surface area contributed by atoms with Crippen molar-refractivity contribution in [3.63, 3.8) is 0 Å². The zero-order valence-corrected chi connectivity index (χ0v) is 15.1. The molecule has 1 fully saturated rings. The van der Waals surface area contributed by atoms with Gasteiger partial charge in [-0.15, -0.1) is 5.10 Å². The smallest absolute Gasteiger partial charge is 0.273 e. The molecule has 1 unspecified atom stereocenters. The summed E-state index contributed by atoms with van der Waals surface area (Å²) in [6.45, 7) is 2.01. The Kier molecular flexibility index (Phi) is 4.69. The normalized spacial score (nSPS) is 16.5. The number of aromatic nitrogens is 3. The molecule has 0 spiro atoms. The third-order valence-corrected chi connectivity index (χ3v) is 5.33. The Bertz CT molecular complexity index is 906. The zero-order chi connectivity index (χ0) is 17.9. The standard InChI is InChI=1S/C21H24N4O/c1-15(18-13-7-9-16-8-5-6-12-19(16)18)22-21(26)20-14-25(24-23-20)17-10-3-2-4-11-17/h5-9,12-15,17H,2-4,10-11H2,1H3,(H,22,26). The third-order valence-electron chi connectivity index (χ3n) is 5.33. The molecule has 0 radical (unpaired) electrons. The van der Waals surface area contributed by atoms with Crippen LogP contribution < -0.4 is 5.32 Å². The Morgan fingerprint density at radius 2 is 1.88 bits per heavy atom. The minimum atomic E-state index is -0.174. The molecule has 0 aliphatic heterocycles. The van der Waals surface area contributed by atoms with E-state index in [2.05, 4.69) is 39.9 Å². The van der Waals surface area contributed by atoms with Crippen LogP contribution in [0.25, 0.3) is 10.8 Å². The van der Waals surface area contributed by atoms with Crippen LogP contribution in [0, 0.1) is 0 Å². The van der Waals surface area contributed by atoms with Crippen molar-refractivity contribution in [2.75, 3.05) is 0 Å². The number of nitrogens with zero attached hydrogens (tertiary/aromatic N) is 3. The summed E-state index contributed by atoms with van der Waals surface area (Å²) in [7, 11) is 0. The Balaban J connectivity index is 1.50. The summed E-state index contributed by atoms with van der Waals surface area (Å²) < 4.78 is 1.87. The second kappa shape index (κ2) is 7.28. The van der Waals surface area contributed by atoms with Gasteiger partial charge in [-0.05, 0) is 36.1 Å². The monoisotopic (exact) mass is 348 g/mol. The lowest BCUT2D eigenvalue weighted by molar-refractivity contribution is 0.0935. The highest BCUT2D eigenvalue weighted by Gasteiger charge is 2.20. The molecule has 1 aromatic heterocycles. The molecule has 5 heteroatoms. The van der Waals surface area contributed by atoms with Crippen molar-refractivity contribution >= 4 is 16.7 Å². The van der Waals surface area contributed by atoms with Crippen molar-refractivity contribution in [2.24, 2.45) is 0 Å². The molecule has 1 saturated carbocycles. The largest absolute Gasteiger partial charge is 0.344 e. The third kappa shape index (κ3) is 3.34. The average Bonchev–Trinajstić information content (AvgIpc) is 3.18. The molecule has 3 aromatic rings. The van der Waals surface area contributed by atoms with Gasteiger partial charge < -0.3 is 5.32 Å². The Labute approximate surface area is 153 Å². The first-order chi connectivity index (χ1) is 12.7. The van der Waals surface area contributed by atoms with Crippen LogP contribution in [0.1, 0.15) is 67.2 Å². The van der Waals surface area contributed by atoms with Crippen LogP contribution in [0.2, 0.25) is 0 Å². The fraction of sp³-hybridized carbons (Fsp3) is 0.381. The highest BCUT2D eigenvalue weighted by atomic mass is 16.2. The first-order valence-corrected chi connectivity index (χ1v) is 9.43. The van der Waals surface area contributed by atoms with Crippen LogP contribution in [0.3, 0.4) is 0 Å². The minimum absolute atomic E-state index is 0.103. The molecule has 1 N–H and O–H groups in total. The first kappa shape index (κ1) is 16.8. The van der Waals surface area contributed by atoms with E-state index in [1.54, 1.807) is 6.20 Å². The van der Waals surface area contributed by atoms with Gasteiger partial charge in [-0.3, -0.25) is 4.79 Å². The van der Waals surface area contributed by atoms with Crippen molar-refractivity contribution in [3.8, 4) is 0 Å². The van der Waals surface area contributed by atoms with Gasteiger partial charge in [-0.2, -0.15) is 0 Å². The molecular formula is C21H24N4O.